The molecule has 0 amide bonds. The standard InChI is InChI=1S/C54H46F6N2O4/c1-7-31-25-35(23-29(3)47(31)61(5)6)51(43-15-11-9-13-37(43)38-14-10-12-16-44(38)51)36-24-30(4)48(32(8-2)26-36)62-49(65)40-20-18-34(28-42(40)50(62)66)52(53(55,56)57,54(58,59)60)33-17-19-39-41(27-33)46(64)22-21-45(39)63/h9-28,63-66H,7-8H2,1-6H3. The van der Waals surface area contributed by atoms with Crippen LogP contribution in [0, 0.1) is 13.8 Å². The van der Waals surface area contributed by atoms with E-state index in [4.69, 9.17) is 0 Å². The number of hydrogen-bond donors (Lipinski definition) is 4. The van der Waals surface area contributed by atoms with Gasteiger partial charge in [0, 0.05) is 41.3 Å². The molecule has 4 N–H and O–H groups in total. The van der Waals surface area contributed by atoms with E-state index in [1.54, 1.807) is 6.92 Å². The summed E-state index contributed by atoms with van der Waals surface area (Å²) in [5, 5.41) is 43.6. The Bertz CT molecular complexity index is 3210. The number of alkyl halides is 6. The third-order valence-electron chi connectivity index (χ3n) is 13.6. The number of phenolic OH excluding ortho intramolecular Hbond substituents is 2. The summed E-state index contributed by atoms with van der Waals surface area (Å²) >= 11 is 0. The van der Waals surface area contributed by atoms with Crippen molar-refractivity contribution in [3.8, 4) is 40.1 Å². The molecule has 0 radical (unpaired) electrons. The molecule has 6 nitrogen and oxygen atoms in total. The molecule has 1 aliphatic carbocycles. The maximum Gasteiger partial charge on any atom is 0.411 e. The number of benzene rings is 7. The first-order chi connectivity index (χ1) is 31.2. The molecule has 0 saturated carbocycles. The van der Waals surface area contributed by atoms with Crippen molar-refractivity contribution >= 4 is 27.2 Å². The van der Waals surface area contributed by atoms with Crippen molar-refractivity contribution in [2.24, 2.45) is 0 Å². The Hall–Kier alpha value is -7.08. The van der Waals surface area contributed by atoms with E-state index in [0.717, 1.165) is 85.4 Å². The van der Waals surface area contributed by atoms with Crippen LogP contribution in [-0.2, 0) is 23.7 Å². The third-order valence-corrected chi connectivity index (χ3v) is 13.6. The Morgan fingerprint density at radius 2 is 1.00 bits per heavy atom. The summed E-state index contributed by atoms with van der Waals surface area (Å²) in [7, 11) is 4.05. The number of aromatic nitrogens is 1. The molecule has 1 heterocycles. The largest absolute Gasteiger partial charge is 0.507 e. The predicted octanol–water partition coefficient (Wildman–Crippen LogP) is 13.2. The zero-order valence-corrected chi connectivity index (χ0v) is 36.9. The van der Waals surface area contributed by atoms with Crippen molar-refractivity contribution in [1.82, 2.24) is 4.57 Å². The van der Waals surface area contributed by atoms with E-state index in [1.807, 2.05) is 57.4 Å². The van der Waals surface area contributed by atoms with E-state index in [-0.39, 0.29) is 10.8 Å². The molecule has 1 aromatic heterocycles. The van der Waals surface area contributed by atoms with E-state index in [2.05, 4.69) is 55.1 Å². The Balaban J connectivity index is 1.29. The lowest BCUT2D eigenvalue weighted by Gasteiger charge is -2.38. The fourth-order valence-corrected chi connectivity index (χ4v) is 10.9. The van der Waals surface area contributed by atoms with E-state index in [9.17, 15) is 20.4 Å². The zero-order chi connectivity index (χ0) is 47.4. The highest BCUT2D eigenvalue weighted by Gasteiger charge is 2.72. The molecule has 0 aliphatic heterocycles. The molecular formula is C54H46F6N2O4. The van der Waals surface area contributed by atoms with Crippen LogP contribution in [0.15, 0.2) is 121 Å². The molecule has 0 bridgehead atoms. The molecule has 12 heteroatoms. The number of hydrogen-bond acceptors (Lipinski definition) is 5. The van der Waals surface area contributed by atoms with Crippen LogP contribution in [0.25, 0.3) is 38.4 Å². The first kappa shape index (κ1) is 44.1. The SMILES string of the molecule is CCc1cc(C2(c3cc(C)c(-n4c(O)c5ccc(C(c6ccc7c(O)ccc(O)c7c6)(C(F)(F)F)C(F)(F)F)cc5c4O)c(CC)c3)c3ccccc3-c3ccccc32)cc(C)c1N(C)C. The quantitative estimate of drug-likeness (QED) is 0.0901. The molecule has 66 heavy (non-hydrogen) atoms. The molecular weight excluding hydrogens is 855 g/mol. The van der Waals surface area contributed by atoms with E-state index >= 15 is 26.3 Å². The average molecular weight is 901 g/mol. The second-order valence-electron chi connectivity index (χ2n) is 17.4. The van der Waals surface area contributed by atoms with Gasteiger partial charge >= 0.3 is 12.4 Å². The van der Waals surface area contributed by atoms with Gasteiger partial charge in [-0.2, -0.15) is 26.3 Å². The Morgan fingerprint density at radius 1 is 0.530 bits per heavy atom. The Kier molecular flexibility index (Phi) is 10.2. The fraction of sp³-hybridized carbons (Fsp3) is 0.222. The first-order valence-corrected chi connectivity index (χ1v) is 21.5. The van der Waals surface area contributed by atoms with Crippen molar-refractivity contribution in [3.63, 3.8) is 0 Å². The lowest BCUT2D eigenvalue weighted by Crippen LogP contribution is -2.54. The smallest absolute Gasteiger partial charge is 0.411 e. The second kappa shape index (κ2) is 15.3. The summed E-state index contributed by atoms with van der Waals surface area (Å²) in [6, 6.07) is 31.3. The topological polar surface area (TPSA) is 89.1 Å². The van der Waals surface area contributed by atoms with Gasteiger partial charge in [-0.25, -0.2) is 4.57 Å². The maximum atomic E-state index is 15.5. The number of nitrogens with zero attached hydrogens (tertiary/aromatic N) is 2. The Labute approximate surface area is 377 Å². The summed E-state index contributed by atoms with van der Waals surface area (Å²) in [5.41, 5.74) is 3.00. The minimum Gasteiger partial charge on any atom is -0.507 e. The summed E-state index contributed by atoms with van der Waals surface area (Å²) in [6.45, 7) is 7.92. The minimum atomic E-state index is -6.02. The number of anilines is 1. The molecule has 338 valence electrons. The van der Waals surface area contributed by atoms with Crippen molar-refractivity contribution < 1.29 is 46.8 Å². The van der Waals surface area contributed by atoms with Gasteiger partial charge in [-0.3, -0.25) is 0 Å². The molecule has 0 saturated heterocycles. The highest BCUT2D eigenvalue weighted by atomic mass is 19.4. The molecule has 0 atom stereocenters. The van der Waals surface area contributed by atoms with Crippen LogP contribution < -0.4 is 4.90 Å². The maximum absolute atomic E-state index is 15.5. The molecule has 9 rings (SSSR count). The fourth-order valence-electron chi connectivity index (χ4n) is 10.9. The minimum absolute atomic E-state index is 0.157. The Morgan fingerprint density at radius 3 is 1.53 bits per heavy atom. The number of aryl methyl sites for hydroxylation is 4. The monoisotopic (exact) mass is 900 g/mol. The van der Waals surface area contributed by atoms with Crippen LogP contribution in [0.3, 0.4) is 0 Å². The van der Waals surface area contributed by atoms with Gasteiger partial charge in [-0.1, -0.05) is 105 Å². The highest BCUT2D eigenvalue weighted by molar-refractivity contribution is 5.96. The van der Waals surface area contributed by atoms with Crippen molar-refractivity contribution in [2.75, 3.05) is 19.0 Å². The van der Waals surface area contributed by atoms with Gasteiger partial charge < -0.3 is 25.3 Å². The van der Waals surface area contributed by atoms with Gasteiger partial charge in [0.15, 0.2) is 0 Å². The second-order valence-corrected chi connectivity index (χ2v) is 17.4. The molecule has 7 aromatic carbocycles. The summed E-state index contributed by atoms with van der Waals surface area (Å²) < 4.78 is 94.1. The zero-order valence-electron chi connectivity index (χ0n) is 36.9. The van der Waals surface area contributed by atoms with Gasteiger partial charge in [0.2, 0.25) is 17.2 Å². The number of rotatable bonds is 8. The number of aromatic hydroxyl groups is 4. The summed E-state index contributed by atoms with van der Waals surface area (Å²) in [6.07, 6.45) is -10.9. The van der Waals surface area contributed by atoms with Crippen LogP contribution in [0.1, 0.15) is 69.5 Å². The molecule has 0 unspecified atom stereocenters. The van der Waals surface area contributed by atoms with Crippen molar-refractivity contribution in [3.05, 3.63) is 177 Å². The van der Waals surface area contributed by atoms with Crippen molar-refractivity contribution in [1.29, 1.82) is 0 Å². The third kappa shape index (κ3) is 6.02. The van der Waals surface area contributed by atoms with Gasteiger partial charge in [0.1, 0.15) is 11.5 Å². The number of phenols is 2. The first-order valence-electron chi connectivity index (χ1n) is 21.5. The summed E-state index contributed by atoms with van der Waals surface area (Å²) in [5.74, 6) is -2.43. The van der Waals surface area contributed by atoms with Crippen molar-refractivity contribution in [2.45, 2.75) is 63.7 Å². The average Bonchev–Trinajstić information content (AvgIpc) is 3.70. The molecule has 1 aliphatic rings. The van der Waals surface area contributed by atoms with Gasteiger partial charge in [0.05, 0.1) is 11.1 Å². The van der Waals surface area contributed by atoms with Gasteiger partial charge in [0.25, 0.3) is 0 Å². The predicted molar refractivity (Wildman–Crippen MR) is 247 cm³/mol. The van der Waals surface area contributed by atoms with Crippen LogP contribution in [0.2, 0.25) is 0 Å². The van der Waals surface area contributed by atoms with Crippen LogP contribution >= 0.6 is 0 Å². The number of fused-ring (bicyclic) bond motifs is 5. The normalized spacial score (nSPS) is 13.6. The molecule has 0 spiro atoms. The van der Waals surface area contributed by atoms with Gasteiger partial charge in [-0.05, 0) is 124 Å². The van der Waals surface area contributed by atoms with E-state index in [1.165, 1.54) is 0 Å². The highest BCUT2D eigenvalue weighted by Crippen LogP contribution is 2.60. The number of halogens is 6. The lowest BCUT2D eigenvalue weighted by atomic mass is 9.66. The van der Waals surface area contributed by atoms with Crippen LogP contribution in [-0.4, -0.2) is 51.4 Å². The van der Waals surface area contributed by atoms with Gasteiger partial charge in [-0.15, -0.1) is 0 Å². The van der Waals surface area contributed by atoms with E-state index in [0.29, 0.717) is 47.5 Å². The van der Waals surface area contributed by atoms with E-state index < -0.39 is 68.3 Å². The lowest BCUT2D eigenvalue weighted by molar-refractivity contribution is -0.288. The van der Waals surface area contributed by atoms with Crippen LogP contribution in [0.5, 0.6) is 23.3 Å². The summed E-state index contributed by atoms with van der Waals surface area (Å²) in [4.78, 5) is 2.12. The molecule has 8 aromatic rings. The van der Waals surface area contributed by atoms with Crippen LogP contribution in [0.4, 0.5) is 32.0 Å². The molecule has 0 fully saturated rings.